The summed E-state index contributed by atoms with van der Waals surface area (Å²) >= 11 is 0.774. The number of fused-ring (bicyclic) bond motifs is 5. The SMILES string of the molecule is CCC(=O)O[C@@]1(C(=O)S[C@@H]2CCOC2=O)C2C[C@H](O)[C@@]3(F)C4C=CC(=O)C=C4[C@@H](F)CC3C2C[C@H]1C. The molecule has 7 nitrogen and oxygen atoms in total. The van der Waals surface area contributed by atoms with Crippen molar-refractivity contribution in [3.63, 3.8) is 0 Å². The van der Waals surface area contributed by atoms with Crippen molar-refractivity contribution in [1.29, 1.82) is 0 Å². The Morgan fingerprint density at radius 1 is 1.25 bits per heavy atom. The number of ether oxygens (including phenoxy) is 2. The first-order valence-corrected chi connectivity index (χ1v) is 13.5. The van der Waals surface area contributed by atoms with Gasteiger partial charge in [0.05, 0.1) is 12.7 Å². The maximum Gasteiger partial charge on any atom is 0.319 e. The summed E-state index contributed by atoms with van der Waals surface area (Å²) in [5.74, 6) is -5.37. The number of aliphatic hydroxyl groups is 1. The Morgan fingerprint density at radius 2 is 2.00 bits per heavy atom. The van der Waals surface area contributed by atoms with E-state index in [0.29, 0.717) is 12.8 Å². The van der Waals surface area contributed by atoms with Crippen LogP contribution in [-0.4, -0.2) is 63.3 Å². The Kier molecular flexibility index (Phi) is 6.42. The van der Waals surface area contributed by atoms with Crippen LogP contribution in [0.5, 0.6) is 0 Å². The van der Waals surface area contributed by atoms with Gasteiger partial charge in [0.25, 0.3) is 0 Å². The molecule has 10 atom stereocenters. The zero-order valence-electron chi connectivity index (χ0n) is 20.2. The first kappa shape index (κ1) is 25.6. The van der Waals surface area contributed by atoms with Crippen LogP contribution in [-0.2, 0) is 28.7 Å². The van der Waals surface area contributed by atoms with E-state index in [1.54, 1.807) is 13.8 Å². The zero-order valence-corrected chi connectivity index (χ0v) is 21.0. The smallest absolute Gasteiger partial charge is 0.319 e. The number of carbonyl (C=O) groups excluding carboxylic acids is 4. The third-order valence-corrected chi connectivity index (χ3v) is 10.2. The monoisotopic (exact) mass is 524 g/mol. The van der Waals surface area contributed by atoms with Gasteiger partial charge in [-0.15, -0.1) is 0 Å². The van der Waals surface area contributed by atoms with Crippen LogP contribution >= 0.6 is 11.8 Å². The maximum atomic E-state index is 16.9. The van der Waals surface area contributed by atoms with E-state index < -0.39 is 81.2 Å². The van der Waals surface area contributed by atoms with Gasteiger partial charge in [0.1, 0.15) is 17.1 Å². The highest BCUT2D eigenvalue weighted by atomic mass is 32.2. The lowest BCUT2D eigenvalue weighted by Crippen LogP contribution is -2.64. The molecule has 1 aliphatic heterocycles. The third-order valence-electron chi connectivity index (χ3n) is 8.95. The van der Waals surface area contributed by atoms with Crippen LogP contribution < -0.4 is 0 Å². The van der Waals surface area contributed by atoms with E-state index in [0.717, 1.165) is 17.8 Å². The fraction of sp³-hybridized carbons (Fsp3) is 0.692. The van der Waals surface area contributed by atoms with Crippen molar-refractivity contribution in [2.45, 2.75) is 74.7 Å². The van der Waals surface area contributed by atoms with Crippen molar-refractivity contribution in [3.05, 3.63) is 23.8 Å². The summed E-state index contributed by atoms with van der Waals surface area (Å²) < 4.78 is 43.1. The van der Waals surface area contributed by atoms with Gasteiger partial charge in [-0.05, 0) is 42.9 Å². The van der Waals surface area contributed by atoms with Crippen LogP contribution in [0.15, 0.2) is 23.8 Å². The van der Waals surface area contributed by atoms with Crippen molar-refractivity contribution >= 4 is 34.6 Å². The maximum absolute atomic E-state index is 16.9. The molecule has 5 rings (SSSR count). The van der Waals surface area contributed by atoms with Crippen LogP contribution in [0.3, 0.4) is 0 Å². The molecule has 0 radical (unpaired) electrons. The van der Waals surface area contributed by atoms with E-state index in [9.17, 15) is 24.3 Å². The lowest BCUT2D eigenvalue weighted by molar-refractivity contribution is -0.192. The molecule has 0 aromatic heterocycles. The molecular formula is C26H30F2O7S. The highest BCUT2D eigenvalue weighted by Gasteiger charge is 2.71. The molecule has 4 aliphatic carbocycles. The normalized spacial score (nSPS) is 45.3. The predicted octanol–water partition coefficient (Wildman–Crippen LogP) is 3.04. The molecule has 0 spiro atoms. The average Bonchev–Trinajstić information content (AvgIpc) is 3.36. The number of allylic oxidation sites excluding steroid dienone is 4. The Balaban J connectivity index is 1.53. The van der Waals surface area contributed by atoms with Gasteiger partial charge in [-0.2, -0.15) is 0 Å². The summed E-state index contributed by atoms with van der Waals surface area (Å²) in [6.45, 7) is 3.55. The quantitative estimate of drug-likeness (QED) is 0.560. The fourth-order valence-electron chi connectivity index (χ4n) is 7.30. The Hall–Kier alpha value is -2.07. The van der Waals surface area contributed by atoms with Crippen molar-refractivity contribution in [3.8, 4) is 0 Å². The number of hydrogen-bond acceptors (Lipinski definition) is 8. The summed E-state index contributed by atoms with van der Waals surface area (Å²) in [5, 5.41) is 10.0. The molecule has 4 fully saturated rings. The predicted molar refractivity (Wildman–Crippen MR) is 125 cm³/mol. The van der Waals surface area contributed by atoms with Crippen LogP contribution in [0, 0.1) is 29.6 Å². The van der Waals surface area contributed by atoms with Crippen LogP contribution in [0.4, 0.5) is 8.78 Å². The topological polar surface area (TPSA) is 107 Å². The lowest BCUT2D eigenvalue weighted by Gasteiger charge is -2.56. The third kappa shape index (κ3) is 3.61. The van der Waals surface area contributed by atoms with E-state index in [-0.39, 0.29) is 31.4 Å². The Morgan fingerprint density at radius 3 is 2.67 bits per heavy atom. The van der Waals surface area contributed by atoms with Crippen LogP contribution in [0.1, 0.15) is 46.0 Å². The number of alkyl halides is 2. The van der Waals surface area contributed by atoms with Gasteiger partial charge >= 0.3 is 11.9 Å². The van der Waals surface area contributed by atoms with Gasteiger partial charge in [-0.3, -0.25) is 19.2 Å². The van der Waals surface area contributed by atoms with Gasteiger partial charge in [0.15, 0.2) is 11.4 Å². The van der Waals surface area contributed by atoms with Crippen molar-refractivity contribution < 1.29 is 42.5 Å². The summed E-state index contributed by atoms with van der Waals surface area (Å²) in [6.07, 6.45) is 0.791. The van der Waals surface area contributed by atoms with E-state index >= 15 is 8.78 Å². The van der Waals surface area contributed by atoms with E-state index in [4.69, 9.17) is 9.47 Å². The number of ketones is 1. The summed E-state index contributed by atoms with van der Waals surface area (Å²) in [4.78, 5) is 50.3. The number of halogens is 2. The van der Waals surface area contributed by atoms with Gasteiger partial charge in [-0.25, -0.2) is 8.78 Å². The molecule has 196 valence electrons. The number of esters is 2. The molecule has 0 aromatic carbocycles. The van der Waals surface area contributed by atoms with E-state index in [1.165, 1.54) is 12.2 Å². The number of cyclic esters (lactones) is 1. The first-order chi connectivity index (χ1) is 17.0. The largest absolute Gasteiger partial charge is 0.465 e. The van der Waals surface area contributed by atoms with E-state index in [2.05, 4.69) is 0 Å². The van der Waals surface area contributed by atoms with Crippen LogP contribution in [0.2, 0.25) is 0 Å². The molecule has 5 aliphatic rings. The fourth-order valence-corrected chi connectivity index (χ4v) is 8.52. The van der Waals surface area contributed by atoms with Gasteiger partial charge in [0.2, 0.25) is 5.12 Å². The standard InChI is InChI=1S/C26H30F2O7S/c1-3-22(31)35-26(24(33)36-20-6-7-34-23(20)32)12(2)8-14-17-10-19(27)15-9-13(29)4-5-16(15)25(17,28)21(30)11-18(14)26/h4-5,9,12,14,16-21,30H,3,6-8,10-11H2,1-2H3/t12-,14?,16?,17?,18?,19+,20-,21+,25-,26-/m1/s1. The molecule has 36 heavy (non-hydrogen) atoms. The summed E-state index contributed by atoms with van der Waals surface area (Å²) in [7, 11) is 0. The minimum Gasteiger partial charge on any atom is -0.465 e. The molecule has 0 aromatic rings. The number of rotatable bonds is 4. The Bertz CT molecular complexity index is 1060. The molecule has 4 unspecified atom stereocenters. The second-order valence-electron chi connectivity index (χ2n) is 10.7. The second-order valence-corrected chi connectivity index (χ2v) is 11.8. The van der Waals surface area contributed by atoms with E-state index in [1.807, 2.05) is 0 Å². The van der Waals surface area contributed by atoms with Gasteiger partial charge < -0.3 is 14.6 Å². The average molecular weight is 525 g/mol. The number of aliphatic hydroxyl groups excluding tert-OH is 1. The summed E-state index contributed by atoms with van der Waals surface area (Å²) in [6, 6.07) is 0. The molecule has 1 heterocycles. The number of carbonyl (C=O) groups is 4. The van der Waals surface area contributed by atoms with Crippen molar-refractivity contribution in [1.82, 2.24) is 0 Å². The van der Waals surface area contributed by atoms with Crippen LogP contribution in [0.25, 0.3) is 0 Å². The van der Waals surface area contributed by atoms with Gasteiger partial charge in [0, 0.05) is 36.5 Å². The molecule has 1 N–H and O–H groups in total. The molecule has 3 saturated carbocycles. The van der Waals surface area contributed by atoms with Crippen molar-refractivity contribution in [2.75, 3.05) is 6.61 Å². The minimum absolute atomic E-state index is 0.00983. The molecular weight excluding hydrogens is 494 g/mol. The van der Waals surface area contributed by atoms with Crippen molar-refractivity contribution in [2.24, 2.45) is 29.6 Å². The summed E-state index contributed by atoms with van der Waals surface area (Å²) in [5.41, 5.74) is -3.85. The first-order valence-electron chi connectivity index (χ1n) is 12.6. The zero-order chi connectivity index (χ0) is 26.0. The molecule has 0 amide bonds. The molecule has 10 heteroatoms. The highest BCUT2D eigenvalue weighted by Crippen LogP contribution is 2.64. The Labute approximate surface area is 212 Å². The minimum atomic E-state index is -2.22. The number of hydrogen-bond donors (Lipinski definition) is 1. The van der Waals surface area contributed by atoms with Gasteiger partial charge in [-0.1, -0.05) is 31.7 Å². The number of thioether (sulfide) groups is 1. The second kappa shape index (κ2) is 9.04. The molecule has 1 saturated heterocycles. The molecule has 0 bridgehead atoms. The lowest BCUT2D eigenvalue weighted by atomic mass is 9.53. The highest BCUT2D eigenvalue weighted by molar-refractivity contribution is 8.14.